The van der Waals surface area contributed by atoms with Crippen LogP contribution in [0.5, 0.6) is 0 Å². The monoisotopic (exact) mass is 485 g/mol. The van der Waals surface area contributed by atoms with Gasteiger partial charge in [0.2, 0.25) is 0 Å². The molecule has 0 aromatic heterocycles. The summed E-state index contributed by atoms with van der Waals surface area (Å²) in [4.78, 5) is 12.6. The maximum Gasteiger partial charge on any atom is 0.255 e. The van der Waals surface area contributed by atoms with Gasteiger partial charge in [0.1, 0.15) is 5.82 Å². The lowest BCUT2D eigenvalue weighted by Gasteiger charge is -2.30. The minimum Gasteiger partial charge on any atom is -0.373 e. The Morgan fingerprint density at radius 1 is 1.03 bits per heavy atom. The van der Waals surface area contributed by atoms with Crippen LogP contribution in [-0.2, 0) is 11.3 Å². The van der Waals surface area contributed by atoms with E-state index in [2.05, 4.69) is 26.5 Å². The van der Waals surface area contributed by atoms with Crippen LogP contribution in [-0.4, -0.2) is 29.4 Å². The van der Waals surface area contributed by atoms with E-state index in [1.54, 1.807) is 12.1 Å². The highest BCUT2D eigenvalue weighted by molar-refractivity contribution is 7.98. The van der Waals surface area contributed by atoms with Crippen LogP contribution >= 0.6 is 23.7 Å². The fourth-order valence-electron chi connectivity index (χ4n) is 3.50. The van der Waals surface area contributed by atoms with Crippen LogP contribution in [0.15, 0.2) is 72.8 Å². The van der Waals surface area contributed by atoms with Gasteiger partial charge in [-0.1, -0.05) is 48.0 Å². The van der Waals surface area contributed by atoms with Gasteiger partial charge >= 0.3 is 0 Å². The summed E-state index contributed by atoms with van der Waals surface area (Å²) < 4.78 is 24.9. The van der Waals surface area contributed by atoms with Crippen molar-refractivity contribution in [2.24, 2.45) is 0 Å². The fraction of sp³-hybridized carbons (Fsp3) is 0.240. The standard InChI is InChI=1S/C25H25ClFN3O2S/c26-23-16-20(9-10-24(23)27)28-25(31)19-7-4-8-21(15-19)29-33-30-13-11-22(12-14-30)32-17-18-5-2-1-3-6-18/h1-10,15-16,22,29H,11-14,17H2,(H,28,31). The zero-order chi connectivity index (χ0) is 23.0. The van der Waals surface area contributed by atoms with Gasteiger partial charge in [0, 0.05) is 42.2 Å². The van der Waals surface area contributed by atoms with Crippen molar-refractivity contribution in [3.8, 4) is 0 Å². The predicted molar refractivity (Wildman–Crippen MR) is 133 cm³/mol. The molecule has 172 valence electrons. The number of carbonyl (C=O) groups excluding carboxylic acids is 1. The Morgan fingerprint density at radius 3 is 2.58 bits per heavy atom. The summed E-state index contributed by atoms with van der Waals surface area (Å²) in [6, 6.07) is 21.6. The fourth-order valence-corrected chi connectivity index (χ4v) is 4.43. The van der Waals surface area contributed by atoms with Crippen LogP contribution in [0.1, 0.15) is 28.8 Å². The summed E-state index contributed by atoms with van der Waals surface area (Å²) in [5, 5.41) is 2.71. The minimum atomic E-state index is -0.523. The molecule has 33 heavy (non-hydrogen) atoms. The van der Waals surface area contributed by atoms with E-state index in [0.717, 1.165) is 31.6 Å². The van der Waals surface area contributed by atoms with Crippen LogP contribution in [0, 0.1) is 5.82 Å². The first-order valence-corrected chi connectivity index (χ1v) is 11.9. The van der Waals surface area contributed by atoms with Crippen LogP contribution in [0.25, 0.3) is 0 Å². The topological polar surface area (TPSA) is 53.6 Å². The molecule has 0 radical (unpaired) electrons. The highest BCUT2D eigenvalue weighted by Crippen LogP contribution is 2.24. The van der Waals surface area contributed by atoms with Gasteiger partial charge in [-0.05, 0) is 54.8 Å². The zero-order valence-corrected chi connectivity index (χ0v) is 19.5. The number of nitrogens with zero attached hydrogens (tertiary/aromatic N) is 1. The van der Waals surface area contributed by atoms with Crippen molar-refractivity contribution in [2.75, 3.05) is 23.1 Å². The molecule has 0 unspecified atom stereocenters. The van der Waals surface area contributed by atoms with Gasteiger partial charge < -0.3 is 14.8 Å². The summed E-state index contributed by atoms with van der Waals surface area (Å²) in [5.41, 5.74) is 2.96. The maximum absolute atomic E-state index is 13.3. The zero-order valence-electron chi connectivity index (χ0n) is 18.0. The van der Waals surface area contributed by atoms with Crippen LogP contribution in [0.2, 0.25) is 5.02 Å². The van der Waals surface area contributed by atoms with Crippen LogP contribution < -0.4 is 10.0 Å². The molecule has 1 saturated heterocycles. The second-order valence-electron chi connectivity index (χ2n) is 7.78. The second-order valence-corrected chi connectivity index (χ2v) is 9.09. The molecule has 8 heteroatoms. The average molecular weight is 486 g/mol. The molecule has 1 heterocycles. The number of benzene rings is 3. The number of anilines is 2. The largest absolute Gasteiger partial charge is 0.373 e. The number of ether oxygens (including phenoxy) is 1. The lowest BCUT2D eigenvalue weighted by atomic mass is 10.1. The summed E-state index contributed by atoms with van der Waals surface area (Å²) >= 11 is 7.32. The van der Waals surface area contributed by atoms with Crippen LogP contribution in [0.3, 0.4) is 0 Å². The number of carbonyl (C=O) groups is 1. The third-order valence-electron chi connectivity index (χ3n) is 5.32. The van der Waals surface area contributed by atoms with Gasteiger partial charge in [0.15, 0.2) is 0 Å². The Hall–Kier alpha value is -2.58. The third kappa shape index (κ3) is 6.95. The van der Waals surface area contributed by atoms with E-state index < -0.39 is 5.82 Å². The van der Waals surface area contributed by atoms with Crippen molar-refractivity contribution < 1.29 is 13.9 Å². The lowest BCUT2D eigenvalue weighted by molar-refractivity contribution is 0.0115. The van der Waals surface area contributed by atoms with Gasteiger partial charge in [-0.15, -0.1) is 0 Å². The Labute approximate surface area is 202 Å². The highest BCUT2D eigenvalue weighted by atomic mass is 35.5. The first-order valence-electron chi connectivity index (χ1n) is 10.8. The number of piperidine rings is 1. The van der Waals surface area contributed by atoms with E-state index in [1.165, 1.54) is 35.9 Å². The minimum absolute atomic E-state index is 0.0335. The number of rotatable bonds is 8. The van der Waals surface area contributed by atoms with E-state index in [1.807, 2.05) is 30.3 Å². The summed E-state index contributed by atoms with van der Waals surface area (Å²) in [6.45, 7) is 2.49. The van der Waals surface area contributed by atoms with Gasteiger partial charge in [0.05, 0.1) is 17.7 Å². The molecule has 1 aliphatic rings. The van der Waals surface area contributed by atoms with E-state index >= 15 is 0 Å². The van der Waals surface area contributed by atoms with Crippen molar-refractivity contribution in [3.63, 3.8) is 0 Å². The molecule has 0 spiro atoms. The molecule has 1 aliphatic heterocycles. The smallest absolute Gasteiger partial charge is 0.255 e. The van der Waals surface area contributed by atoms with Gasteiger partial charge in [-0.25, -0.2) is 8.70 Å². The number of amides is 1. The van der Waals surface area contributed by atoms with Crippen molar-refractivity contribution in [3.05, 3.63) is 94.8 Å². The SMILES string of the molecule is O=C(Nc1ccc(F)c(Cl)c1)c1cccc(NSN2CCC(OCc3ccccc3)CC2)c1. The second kappa shape index (κ2) is 11.5. The van der Waals surface area contributed by atoms with Crippen molar-refractivity contribution in [1.29, 1.82) is 0 Å². The summed E-state index contributed by atoms with van der Waals surface area (Å²) in [7, 11) is 0. The number of nitrogens with one attached hydrogen (secondary N) is 2. The normalized spacial score (nSPS) is 14.7. The van der Waals surface area contributed by atoms with E-state index in [-0.39, 0.29) is 17.0 Å². The average Bonchev–Trinajstić information content (AvgIpc) is 2.85. The quantitative estimate of drug-likeness (QED) is 0.362. The predicted octanol–water partition coefficient (Wildman–Crippen LogP) is 6.39. The first-order chi connectivity index (χ1) is 16.1. The molecular weight excluding hydrogens is 461 g/mol. The van der Waals surface area contributed by atoms with Crippen molar-refractivity contribution in [2.45, 2.75) is 25.6 Å². The molecule has 0 atom stereocenters. The molecule has 0 aliphatic carbocycles. The number of hydrogen-bond donors (Lipinski definition) is 2. The number of hydrogen-bond acceptors (Lipinski definition) is 5. The molecule has 3 aromatic rings. The summed E-state index contributed by atoms with van der Waals surface area (Å²) in [5.74, 6) is -0.813. The van der Waals surface area contributed by atoms with Crippen LogP contribution in [0.4, 0.5) is 15.8 Å². The summed E-state index contributed by atoms with van der Waals surface area (Å²) in [6.07, 6.45) is 2.23. The molecular formula is C25H25ClFN3O2S. The molecule has 4 rings (SSSR count). The van der Waals surface area contributed by atoms with E-state index in [4.69, 9.17) is 16.3 Å². The maximum atomic E-state index is 13.3. The molecule has 3 aromatic carbocycles. The van der Waals surface area contributed by atoms with Gasteiger partial charge in [-0.2, -0.15) is 0 Å². The highest BCUT2D eigenvalue weighted by Gasteiger charge is 2.20. The Balaban J connectivity index is 1.23. The van der Waals surface area contributed by atoms with E-state index in [9.17, 15) is 9.18 Å². The first kappa shape index (κ1) is 23.6. The molecule has 5 nitrogen and oxygen atoms in total. The Morgan fingerprint density at radius 2 is 1.82 bits per heavy atom. The van der Waals surface area contributed by atoms with Crippen molar-refractivity contribution >= 4 is 41.0 Å². The molecule has 1 amide bonds. The van der Waals surface area contributed by atoms with Crippen molar-refractivity contribution in [1.82, 2.24) is 4.31 Å². The third-order valence-corrected chi connectivity index (χ3v) is 6.56. The Bertz CT molecular complexity index is 1080. The van der Waals surface area contributed by atoms with Gasteiger partial charge in [0.25, 0.3) is 5.91 Å². The molecule has 0 saturated carbocycles. The number of halogens is 2. The molecule has 0 bridgehead atoms. The van der Waals surface area contributed by atoms with Gasteiger partial charge in [-0.3, -0.25) is 4.79 Å². The molecule has 1 fully saturated rings. The Kier molecular flexibility index (Phi) is 8.23. The van der Waals surface area contributed by atoms with E-state index in [0.29, 0.717) is 17.9 Å². The lowest BCUT2D eigenvalue weighted by Crippen LogP contribution is -2.33. The molecule has 2 N–H and O–H groups in total.